The van der Waals surface area contributed by atoms with Crippen molar-refractivity contribution < 1.29 is 23.8 Å². The van der Waals surface area contributed by atoms with Crippen LogP contribution in [0.3, 0.4) is 0 Å². The lowest BCUT2D eigenvalue weighted by Crippen LogP contribution is -2.43. The quantitative estimate of drug-likeness (QED) is 0.712. The number of ether oxygens (including phenoxy) is 3. The van der Waals surface area contributed by atoms with Gasteiger partial charge >= 0.3 is 0 Å². The van der Waals surface area contributed by atoms with Gasteiger partial charge in [0, 0.05) is 24.4 Å². The number of Topliss-reactive ketones (excluding diaryl/α,β-unsaturated/α-hetero) is 1. The lowest BCUT2D eigenvalue weighted by atomic mass is 9.93. The molecule has 1 N–H and O–H groups in total. The van der Waals surface area contributed by atoms with E-state index in [0.717, 1.165) is 5.56 Å². The van der Waals surface area contributed by atoms with Crippen LogP contribution < -0.4 is 14.8 Å². The smallest absolute Gasteiger partial charge is 0.260 e. The van der Waals surface area contributed by atoms with E-state index in [-0.39, 0.29) is 18.3 Å². The summed E-state index contributed by atoms with van der Waals surface area (Å²) in [4.78, 5) is 26.5. The molecular formula is C20H24N6O5. The summed E-state index contributed by atoms with van der Waals surface area (Å²) in [5.41, 5.74) is 2.00. The number of benzene rings is 1. The number of hydrogen-bond acceptors (Lipinski definition) is 9. The molecule has 1 aromatic heterocycles. The number of ketones is 1. The molecule has 3 heterocycles. The van der Waals surface area contributed by atoms with Crippen molar-refractivity contribution in [2.24, 2.45) is 0 Å². The molecule has 1 aromatic carbocycles. The van der Waals surface area contributed by atoms with Crippen LogP contribution in [0.4, 0.5) is 5.95 Å². The Kier molecular flexibility index (Phi) is 5.85. The third kappa shape index (κ3) is 4.08. The van der Waals surface area contributed by atoms with Gasteiger partial charge in [-0.15, -0.1) is 0 Å². The SMILES string of the molecule is COc1cc(C2C(C(C)=O)=C(C)Nc3nnnn32)ccc1OCC(=O)N1CCOCC1. The maximum atomic E-state index is 12.4. The van der Waals surface area contributed by atoms with Crippen molar-refractivity contribution in [2.45, 2.75) is 19.9 Å². The van der Waals surface area contributed by atoms with E-state index in [0.29, 0.717) is 55.0 Å². The van der Waals surface area contributed by atoms with Gasteiger partial charge in [-0.3, -0.25) is 9.59 Å². The first-order chi connectivity index (χ1) is 15.0. The number of carbonyl (C=O) groups excluding carboxylic acids is 2. The molecule has 31 heavy (non-hydrogen) atoms. The van der Waals surface area contributed by atoms with Crippen LogP contribution in [0.2, 0.25) is 0 Å². The summed E-state index contributed by atoms with van der Waals surface area (Å²) < 4.78 is 18.1. The van der Waals surface area contributed by atoms with Crippen molar-refractivity contribution >= 4 is 17.6 Å². The Bertz CT molecular complexity index is 1030. The number of nitrogens with one attached hydrogen (secondary N) is 1. The lowest BCUT2D eigenvalue weighted by Gasteiger charge is -2.28. The first kappa shape index (κ1) is 20.8. The third-order valence-electron chi connectivity index (χ3n) is 5.31. The van der Waals surface area contributed by atoms with E-state index in [1.54, 1.807) is 21.7 Å². The molecule has 11 heteroatoms. The van der Waals surface area contributed by atoms with Crippen LogP contribution in [0.5, 0.6) is 11.5 Å². The fraction of sp³-hybridized carbons (Fsp3) is 0.450. The number of methoxy groups -OCH3 is 1. The molecule has 0 saturated carbocycles. The van der Waals surface area contributed by atoms with Crippen LogP contribution in [-0.4, -0.2) is 76.8 Å². The zero-order valence-corrected chi connectivity index (χ0v) is 17.6. The predicted octanol–water partition coefficient (Wildman–Crippen LogP) is 0.797. The van der Waals surface area contributed by atoms with Gasteiger partial charge in [0.25, 0.3) is 5.91 Å². The summed E-state index contributed by atoms with van der Waals surface area (Å²) >= 11 is 0. The molecule has 1 amide bonds. The molecule has 0 bridgehead atoms. The van der Waals surface area contributed by atoms with Crippen molar-refractivity contribution in [1.29, 1.82) is 0 Å². The summed E-state index contributed by atoms with van der Waals surface area (Å²) in [5.74, 6) is 1.13. The van der Waals surface area contributed by atoms with Crippen molar-refractivity contribution in [3.8, 4) is 11.5 Å². The van der Waals surface area contributed by atoms with E-state index in [9.17, 15) is 9.59 Å². The lowest BCUT2D eigenvalue weighted by molar-refractivity contribution is -0.137. The van der Waals surface area contributed by atoms with Crippen molar-refractivity contribution in [1.82, 2.24) is 25.1 Å². The Hall–Kier alpha value is -3.47. The van der Waals surface area contributed by atoms with E-state index >= 15 is 0 Å². The second kappa shape index (κ2) is 8.72. The molecule has 2 aromatic rings. The molecule has 2 aliphatic heterocycles. The Labute approximate surface area is 178 Å². The number of amides is 1. The van der Waals surface area contributed by atoms with Crippen LogP contribution in [-0.2, 0) is 14.3 Å². The highest BCUT2D eigenvalue weighted by Crippen LogP contribution is 2.38. The van der Waals surface area contributed by atoms with Gasteiger partial charge in [0.2, 0.25) is 5.95 Å². The Morgan fingerprint density at radius 3 is 2.74 bits per heavy atom. The number of tetrazole rings is 1. The van der Waals surface area contributed by atoms with Crippen LogP contribution in [0, 0.1) is 0 Å². The fourth-order valence-corrected chi connectivity index (χ4v) is 3.79. The number of aromatic nitrogens is 4. The van der Waals surface area contributed by atoms with Gasteiger partial charge < -0.3 is 24.4 Å². The average Bonchev–Trinajstić information content (AvgIpc) is 3.24. The first-order valence-corrected chi connectivity index (χ1v) is 9.92. The zero-order valence-electron chi connectivity index (χ0n) is 17.6. The molecule has 1 unspecified atom stereocenters. The predicted molar refractivity (Wildman–Crippen MR) is 109 cm³/mol. The van der Waals surface area contributed by atoms with E-state index in [4.69, 9.17) is 14.2 Å². The van der Waals surface area contributed by atoms with Crippen molar-refractivity contribution in [2.75, 3.05) is 45.3 Å². The summed E-state index contributed by atoms with van der Waals surface area (Å²) in [7, 11) is 1.52. The Morgan fingerprint density at radius 2 is 2.03 bits per heavy atom. The van der Waals surface area contributed by atoms with Gasteiger partial charge in [0.15, 0.2) is 23.9 Å². The highest BCUT2D eigenvalue weighted by atomic mass is 16.5. The van der Waals surface area contributed by atoms with E-state index in [2.05, 4.69) is 20.8 Å². The summed E-state index contributed by atoms with van der Waals surface area (Å²) in [6.45, 7) is 5.40. The molecule has 1 atom stereocenters. The second-order valence-corrected chi connectivity index (χ2v) is 7.26. The maximum Gasteiger partial charge on any atom is 0.260 e. The number of anilines is 1. The molecular weight excluding hydrogens is 404 g/mol. The number of fused-ring (bicyclic) bond motifs is 1. The number of allylic oxidation sites excluding steroid dienone is 2. The van der Waals surface area contributed by atoms with E-state index < -0.39 is 6.04 Å². The topological polar surface area (TPSA) is 121 Å². The number of rotatable bonds is 6. The zero-order chi connectivity index (χ0) is 22.0. The first-order valence-electron chi connectivity index (χ1n) is 9.92. The van der Waals surface area contributed by atoms with Crippen LogP contribution >= 0.6 is 0 Å². The molecule has 1 saturated heterocycles. The van der Waals surface area contributed by atoms with E-state index in [1.807, 2.05) is 13.0 Å². The minimum Gasteiger partial charge on any atom is -0.493 e. The van der Waals surface area contributed by atoms with Crippen LogP contribution in [0.1, 0.15) is 25.5 Å². The average molecular weight is 428 g/mol. The molecule has 0 aliphatic carbocycles. The number of carbonyl (C=O) groups is 2. The van der Waals surface area contributed by atoms with Gasteiger partial charge in [-0.05, 0) is 42.0 Å². The third-order valence-corrected chi connectivity index (χ3v) is 5.31. The van der Waals surface area contributed by atoms with Gasteiger partial charge in [-0.2, -0.15) is 4.68 Å². The summed E-state index contributed by atoms with van der Waals surface area (Å²) in [6, 6.07) is 4.79. The normalized spacial score (nSPS) is 18.3. The number of morpholine rings is 1. The minimum absolute atomic E-state index is 0.0912. The monoisotopic (exact) mass is 428 g/mol. The standard InChI is InChI=1S/C20H24N6O5/c1-12-18(13(2)27)19(26-20(21-12)22-23-24-26)14-4-5-15(16(10-14)29-3)31-11-17(28)25-6-8-30-9-7-25/h4-5,10,19H,6-9,11H2,1-3H3,(H,21,22,24). The molecule has 1 fully saturated rings. The molecule has 2 aliphatic rings. The molecule has 0 spiro atoms. The molecule has 4 rings (SSSR count). The Balaban J connectivity index is 1.59. The fourth-order valence-electron chi connectivity index (χ4n) is 3.79. The van der Waals surface area contributed by atoms with Crippen molar-refractivity contribution in [3.05, 3.63) is 35.0 Å². The summed E-state index contributed by atoms with van der Waals surface area (Å²) in [6.07, 6.45) is 0. The van der Waals surface area contributed by atoms with Crippen LogP contribution in [0.25, 0.3) is 0 Å². The molecule has 164 valence electrons. The van der Waals surface area contributed by atoms with E-state index in [1.165, 1.54) is 14.0 Å². The molecule has 0 radical (unpaired) electrons. The highest BCUT2D eigenvalue weighted by Gasteiger charge is 2.32. The van der Waals surface area contributed by atoms with Gasteiger partial charge in [0.05, 0.1) is 20.3 Å². The highest BCUT2D eigenvalue weighted by molar-refractivity contribution is 5.96. The number of hydrogen-bond donors (Lipinski definition) is 1. The summed E-state index contributed by atoms with van der Waals surface area (Å²) in [5, 5.41) is 14.8. The van der Waals surface area contributed by atoms with Crippen molar-refractivity contribution in [3.63, 3.8) is 0 Å². The maximum absolute atomic E-state index is 12.4. The Morgan fingerprint density at radius 1 is 1.26 bits per heavy atom. The molecule has 11 nitrogen and oxygen atoms in total. The minimum atomic E-state index is -0.512. The number of nitrogens with zero attached hydrogens (tertiary/aromatic N) is 5. The van der Waals surface area contributed by atoms with Gasteiger partial charge in [-0.1, -0.05) is 11.2 Å². The van der Waals surface area contributed by atoms with Crippen LogP contribution in [0.15, 0.2) is 29.5 Å². The van der Waals surface area contributed by atoms with Gasteiger partial charge in [-0.25, -0.2) is 0 Å². The second-order valence-electron chi connectivity index (χ2n) is 7.26. The van der Waals surface area contributed by atoms with Gasteiger partial charge in [0.1, 0.15) is 6.04 Å². The largest absolute Gasteiger partial charge is 0.493 e.